The van der Waals surface area contributed by atoms with E-state index in [9.17, 15) is 10.1 Å². The molecule has 2 amide bonds. The number of amides is 2. The summed E-state index contributed by atoms with van der Waals surface area (Å²) in [5.74, 6) is 0.682. The van der Waals surface area contributed by atoms with Crippen molar-refractivity contribution >= 4 is 11.8 Å². The Morgan fingerprint density at radius 3 is 2.46 bits per heavy atom. The van der Waals surface area contributed by atoms with Gasteiger partial charge in [-0.15, -0.1) is 5.10 Å². The van der Waals surface area contributed by atoms with Crippen LogP contribution in [0.5, 0.6) is 0 Å². The summed E-state index contributed by atoms with van der Waals surface area (Å²) in [5.41, 5.74) is 2.32. The Bertz CT molecular complexity index is 674. The number of aryl methyl sites for hydroxylation is 1. The van der Waals surface area contributed by atoms with Crippen LogP contribution >= 0.6 is 0 Å². The molecule has 0 bridgehead atoms. The summed E-state index contributed by atoms with van der Waals surface area (Å²) in [5, 5.41) is 17.9. The quantitative estimate of drug-likeness (QED) is 0.844. The molecule has 3 heterocycles. The summed E-state index contributed by atoms with van der Waals surface area (Å²) < 4.78 is 0. The molecule has 0 aromatic carbocycles. The molecule has 128 valence electrons. The second-order valence-corrected chi connectivity index (χ2v) is 6.49. The molecule has 7 nitrogen and oxygen atoms in total. The van der Waals surface area contributed by atoms with Gasteiger partial charge in [-0.3, -0.25) is 0 Å². The Morgan fingerprint density at radius 2 is 1.88 bits per heavy atom. The van der Waals surface area contributed by atoms with Gasteiger partial charge in [-0.2, -0.15) is 10.4 Å². The minimum Gasteiger partial charge on any atom is -0.354 e. The first kappa shape index (κ1) is 16.5. The lowest BCUT2D eigenvalue weighted by Crippen LogP contribution is -2.47. The van der Waals surface area contributed by atoms with Crippen molar-refractivity contribution in [1.82, 2.24) is 20.0 Å². The molecule has 0 unspecified atom stereocenters. The van der Waals surface area contributed by atoms with Crippen molar-refractivity contribution in [3.8, 4) is 6.07 Å². The molecular formula is C17H24N6O. The Morgan fingerprint density at radius 1 is 1.17 bits per heavy atom. The summed E-state index contributed by atoms with van der Waals surface area (Å²) in [7, 11) is 0. The Balaban J connectivity index is 1.69. The Hall–Kier alpha value is -2.36. The number of hydrogen-bond acceptors (Lipinski definition) is 5. The highest BCUT2D eigenvalue weighted by atomic mass is 16.2. The van der Waals surface area contributed by atoms with Gasteiger partial charge < -0.3 is 14.7 Å². The van der Waals surface area contributed by atoms with E-state index in [0.29, 0.717) is 11.4 Å². The number of piperidine rings is 1. The Labute approximate surface area is 142 Å². The maximum absolute atomic E-state index is 12.3. The Kier molecular flexibility index (Phi) is 4.56. The van der Waals surface area contributed by atoms with Gasteiger partial charge in [-0.25, -0.2) is 4.79 Å². The maximum Gasteiger partial charge on any atom is 0.320 e. The van der Waals surface area contributed by atoms with Crippen LogP contribution in [0.4, 0.5) is 10.6 Å². The highest BCUT2D eigenvalue weighted by Crippen LogP contribution is 2.27. The van der Waals surface area contributed by atoms with E-state index in [2.05, 4.69) is 21.2 Å². The third kappa shape index (κ3) is 2.77. The number of anilines is 1. The zero-order chi connectivity index (χ0) is 17.3. The number of hydrogen-bond donors (Lipinski definition) is 0. The maximum atomic E-state index is 12.3. The molecular weight excluding hydrogens is 304 g/mol. The minimum atomic E-state index is 0.166. The molecule has 3 rings (SSSR count). The third-order valence-electron chi connectivity index (χ3n) is 5.26. The van der Waals surface area contributed by atoms with Gasteiger partial charge in [-0.1, -0.05) is 0 Å². The van der Waals surface area contributed by atoms with Crippen LogP contribution in [0.25, 0.3) is 0 Å². The average molecular weight is 328 g/mol. The SMILES string of the molecule is CCN1CCN(C2CCN(c3nnc(C)c(C)c3C#N)CC2)C1=O. The van der Waals surface area contributed by atoms with Gasteiger partial charge in [0.1, 0.15) is 11.6 Å². The fraction of sp³-hybridized carbons (Fsp3) is 0.647. The first-order valence-electron chi connectivity index (χ1n) is 8.61. The molecule has 2 fully saturated rings. The highest BCUT2D eigenvalue weighted by Gasteiger charge is 2.35. The number of likely N-dealkylation sites (N-methyl/N-ethyl adjacent to an activating group) is 1. The lowest BCUT2D eigenvalue weighted by molar-refractivity contribution is 0.169. The van der Waals surface area contributed by atoms with Crippen molar-refractivity contribution in [2.24, 2.45) is 0 Å². The highest BCUT2D eigenvalue weighted by molar-refractivity contribution is 5.76. The van der Waals surface area contributed by atoms with E-state index in [4.69, 9.17) is 0 Å². The third-order valence-corrected chi connectivity index (χ3v) is 5.26. The van der Waals surface area contributed by atoms with Gasteiger partial charge in [-0.05, 0) is 39.2 Å². The summed E-state index contributed by atoms with van der Waals surface area (Å²) in [6.07, 6.45) is 1.81. The molecule has 0 N–H and O–H groups in total. The van der Waals surface area contributed by atoms with Gasteiger partial charge in [0, 0.05) is 38.8 Å². The average Bonchev–Trinajstić information content (AvgIpc) is 2.98. The van der Waals surface area contributed by atoms with Crippen LogP contribution in [0.1, 0.15) is 36.6 Å². The van der Waals surface area contributed by atoms with Crippen LogP contribution < -0.4 is 4.90 Å². The molecule has 0 atom stereocenters. The van der Waals surface area contributed by atoms with Crippen molar-refractivity contribution in [1.29, 1.82) is 5.26 Å². The van der Waals surface area contributed by atoms with E-state index in [0.717, 1.165) is 56.8 Å². The van der Waals surface area contributed by atoms with E-state index in [1.54, 1.807) is 0 Å². The zero-order valence-corrected chi connectivity index (χ0v) is 14.6. The van der Waals surface area contributed by atoms with E-state index < -0.39 is 0 Å². The molecule has 2 saturated heterocycles. The molecule has 0 aliphatic carbocycles. The summed E-state index contributed by atoms with van der Waals surface area (Å²) in [4.78, 5) is 18.4. The minimum absolute atomic E-state index is 0.166. The summed E-state index contributed by atoms with van der Waals surface area (Å²) >= 11 is 0. The summed E-state index contributed by atoms with van der Waals surface area (Å²) in [6, 6.07) is 2.73. The number of carbonyl (C=O) groups is 1. The van der Waals surface area contributed by atoms with Crippen molar-refractivity contribution in [3.05, 3.63) is 16.8 Å². The molecule has 2 aliphatic heterocycles. The number of carbonyl (C=O) groups excluding carboxylic acids is 1. The van der Waals surface area contributed by atoms with E-state index in [-0.39, 0.29) is 12.1 Å². The first-order chi connectivity index (χ1) is 11.6. The standard InChI is InChI=1S/C17H24N6O/c1-4-21-9-10-23(17(21)24)14-5-7-22(8-6-14)16-15(11-18)12(2)13(3)19-20-16/h14H,4-10H2,1-3H3. The molecule has 0 saturated carbocycles. The second kappa shape index (κ2) is 6.63. The lowest BCUT2D eigenvalue weighted by atomic mass is 10.0. The van der Waals surface area contributed by atoms with Crippen molar-refractivity contribution in [2.45, 2.75) is 39.7 Å². The molecule has 0 radical (unpaired) electrons. The number of nitriles is 1. The van der Waals surface area contributed by atoms with E-state index in [1.807, 2.05) is 30.6 Å². The van der Waals surface area contributed by atoms with E-state index >= 15 is 0 Å². The fourth-order valence-corrected chi connectivity index (χ4v) is 3.57. The van der Waals surface area contributed by atoms with E-state index in [1.165, 1.54) is 0 Å². The van der Waals surface area contributed by atoms with Gasteiger partial charge in [0.25, 0.3) is 0 Å². The van der Waals surface area contributed by atoms with Gasteiger partial charge in [0.15, 0.2) is 5.82 Å². The number of aromatic nitrogens is 2. The molecule has 24 heavy (non-hydrogen) atoms. The van der Waals surface area contributed by atoms with Crippen molar-refractivity contribution < 1.29 is 4.79 Å². The number of urea groups is 1. The van der Waals surface area contributed by atoms with Crippen LogP contribution in [0.15, 0.2) is 0 Å². The first-order valence-corrected chi connectivity index (χ1v) is 8.61. The van der Waals surface area contributed by atoms with Crippen LogP contribution in [0.3, 0.4) is 0 Å². The van der Waals surface area contributed by atoms with Gasteiger partial charge in [0.2, 0.25) is 0 Å². The molecule has 1 aromatic rings. The summed E-state index contributed by atoms with van der Waals surface area (Å²) in [6.45, 7) is 9.84. The normalized spacial score (nSPS) is 19.1. The lowest BCUT2D eigenvalue weighted by Gasteiger charge is -2.37. The number of rotatable bonds is 3. The van der Waals surface area contributed by atoms with Crippen LogP contribution in [0, 0.1) is 25.2 Å². The topological polar surface area (TPSA) is 76.4 Å². The largest absolute Gasteiger partial charge is 0.354 e. The molecule has 0 spiro atoms. The van der Waals surface area contributed by atoms with Gasteiger partial charge in [0.05, 0.1) is 5.69 Å². The van der Waals surface area contributed by atoms with Crippen LogP contribution in [-0.4, -0.2) is 64.8 Å². The van der Waals surface area contributed by atoms with Gasteiger partial charge >= 0.3 is 6.03 Å². The van der Waals surface area contributed by atoms with Crippen LogP contribution in [-0.2, 0) is 0 Å². The predicted octanol–water partition coefficient (Wildman–Crippen LogP) is 1.69. The fourth-order valence-electron chi connectivity index (χ4n) is 3.57. The van der Waals surface area contributed by atoms with Crippen LogP contribution in [0.2, 0.25) is 0 Å². The smallest absolute Gasteiger partial charge is 0.320 e. The second-order valence-electron chi connectivity index (χ2n) is 6.49. The monoisotopic (exact) mass is 328 g/mol. The zero-order valence-electron chi connectivity index (χ0n) is 14.6. The molecule has 7 heteroatoms. The number of nitrogens with zero attached hydrogens (tertiary/aromatic N) is 6. The molecule has 2 aliphatic rings. The molecule has 1 aromatic heterocycles. The predicted molar refractivity (Wildman–Crippen MR) is 90.8 cm³/mol. The van der Waals surface area contributed by atoms with Crippen molar-refractivity contribution in [2.75, 3.05) is 37.6 Å². The van der Waals surface area contributed by atoms with Crippen molar-refractivity contribution in [3.63, 3.8) is 0 Å².